The molecule has 1 fully saturated rings. The summed E-state index contributed by atoms with van der Waals surface area (Å²) >= 11 is 0. The Bertz CT molecular complexity index is 552. The first-order valence-corrected chi connectivity index (χ1v) is 8.45. The maximum absolute atomic E-state index is 5.43. The maximum atomic E-state index is 5.43. The molecular formula is C19H32IN3O. The van der Waals surface area contributed by atoms with Crippen molar-refractivity contribution in [3.8, 4) is 0 Å². The van der Waals surface area contributed by atoms with E-state index in [2.05, 4.69) is 67.2 Å². The highest BCUT2D eigenvalue weighted by Gasteiger charge is 2.53. The molecule has 1 aromatic carbocycles. The van der Waals surface area contributed by atoms with Crippen LogP contribution in [-0.2, 0) is 17.9 Å². The first-order chi connectivity index (χ1) is 10.8. The van der Waals surface area contributed by atoms with Crippen molar-refractivity contribution in [2.75, 3.05) is 20.2 Å². The summed E-state index contributed by atoms with van der Waals surface area (Å²) in [5.41, 5.74) is 2.90. The van der Waals surface area contributed by atoms with E-state index in [0.29, 0.717) is 12.0 Å². The summed E-state index contributed by atoms with van der Waals surface area (Å²) in [7, 11) is 1.86. The highest BCUT2D eigenvalue weighted by molar-refractivity contribution is 14.0. The maximum Gasteiger partial charge on any atom is 0.194 e. The lowest BCUT2D eigenvalue weighted by Gasteiger charge is -2.62. The van der Waals surface area contributed by atoms with Crippen molar-refractivity contribution in [2.45, 2.75) is 53.3 Å². The SMILES string of the molecule is CCOCc1ccc(CNC(=NC)N2CC(C)(C)C2(C)C)cc1.I. The lowest BCUT2D eigenvalue weighted by Crippen LogP contribution is -2.72. The predicted octanol–water partition coefficient (Wildman–Crippen LogP) is 4.04. The van der Waals surface area contributed by atoms with Crippen LogP contribution in [0.25, 0.3) is 0 Å². The standard InChI is InChI=1S/C19H31N3O.HI/c1-7-23-13-16-10-8-15(9-11-16)12-21-17(20-6)22-14-18(2,3)19(22,4)5;/h8-11H,7,12-14H2,1-6H3,(H,20,21);1H. The van der Waals surface area contributed by atoms with Crippen LogP contribution in [0, 0.1) is 5.41 Å². The molecule has 1 saturated heterocycles. The third kappa shape index (κ3) is 4.42. The molecule has 0 unspecified atom stereocenters. The summed E-state index contributed by atoms with van der Waals surface area (Å²) in [5, 5.41) is 3.49. The van der Waals surface area contributed by atoms with E-state index >= 15 is 0 Å². The third-order valence-electron chi connectivity index (χ3n) is 5.30. The summed E-state index contributed by atoms with van der Waals surface area (Å²) < 4.78 is 5.43. The molecule has 1 heterocycles. The number of nitrogens with one attached hydrogen (secondary N) is 1. The lowest BCUT2D eigenvalue weighted by atomic mass is 9.65. The van der Waals surface area contributed by atoms with E-state index in [1.807, 2.05) is 14.0 Å². The number of ether oxygens (including phenoxy) is 1. The zero-order valence-electron chi connectivity index (χ0n) is 15.8. The molecule has 5 heteroatoms. The van der Waals surface area contributed by atoms with Crippen LogP contribution in [0.4, 0.5) is 0 Å². The van der Waals surface area contributed by atoms with Crippen LogP contribution < -0.4 is 5.32 Å². The molecule has 1 aliphatic rings. The molecule has 2 rings (SSSR count). The minimum absolute atomic E-state index is 0. The number of aliphatic imine (C=N–C) groups is 1. The molecule has 4 nitrogen and oxygen atoms in total. The Kier molecular flexibility index (Phi) is 7.53. The molecule has 0 bridgehead atoms. The molecule has 0 radical (unpaired) electrons. The van der Waals surface area contributed by atoms with Crippen LogP contribution in [-0.4, -0.2) is 36.6 Å². The molecule has 0 spiro atoms. The van der Waals surface area contributed by atoms with Gasteiger partial charge in [0.05, 0.1) is 6.61 Å². The molecule has 0 aromatic heterocycles. The molecule has 1 aromatic rings. The van der Waals surface area contributed by atoms with Crippen molar-refractivity contribution >= 4 is 29.9 Å². The van der Waals surface area contributed by atoms with E-state index in [9.17, 15) is 0 Å². The third-order valence-corrected chi connectivity index (χ3v) is 5.30. The van der Waals surface area contributed by atoms with Gasteiger partial charge in [-0.25, -0.2) is 0 Å². The Morgan fingerprint density at radius 3 is 2.21 bits per heavy atom. The monoisotopic (exact) mass is 445 g/mol. The number of nitrogens with zero attached hydrogens (tertiary/aromatic N) is 2. The van der Waals surface area contributed by atoms with Gasteiger partial charge >= 0.3 is 0 Å². The van der Waals surface area contributed by atoms with Gasteiger partial charge < -0.3 is 15.0 Å². The van der Waals surface area contributed by atoms with Crippen LogP contribution in [0.1, 0.15) is 45.7 Å². The number of guanidine groups is 1. The molecular weight excluding hydrogens is 413 g/mol. The summed E-state index contributed by atoms with van der Waals surface area (Å²) in [4.78, 5) is 6.81. The summed E-state index contributed by atoms with van der Waals surface area (Å²) in [5.74, 6) is 0.979. The lowest BCUT2D eigenvalue weighted by molar-refractivity contribution is -0.0667. The summed E-state index contributed by atoms with van der Waals surface area (Å²) in [6.45, 7) is 14.5. The minimum atomic E-state index is 0. The second kappa shape index (κ2) is 8.52. The number of halogens is 1. The van der Waals surface area contributed by atoms with Gasteiger partial charge in [0, 0.05) is 37.7 Å². The Morgan fingerprint density at radius 1 is 1.17 bits per heavy atom. The van der Waals surface area contributed by atoms with E-state index < -0.39 is 0 Å². The van der Waals surface area contributed by atoms with Crippen LogP contribution in [0.2, 0.25) is 0 Å². The second-order valence-electron chi connectivity index (χ2n) is 7.38. The number of benzene rings is 1. The van der Waals surface area contributed by atoms with Crippen molar-refractivity contribution in [3.63, 3.8) is 0 Å². The quantitative estimate of drug-likeness (QED) is 0.423. The normalized spacial score (nSPS) is 18.6. The topological polar surface area (TPSA) is 36.9 Å². The van der Waals surface area contributed by atoms with Gasteiger partial charge in [-0.3, -0.25) is 4.99 Å². The van der Waals surface area contributed by atoms with E-state index in [1.54, 1.807) is 0 Å². The molecule has 0 saturated carbocycles. The van der Waals surface area contributed by atoms with Crippen LogP contribution >= 0.6 is 24.0 Å². The summed E-state index contributed by atoms with van der Waals surface area (Å²) in [6.07, 6.45) is 0. The van der Waals surface area contributed by atoms with Crippen molar-refractivity contribution in [1.29, 1.82) is 0 Å². The van der Waals surface area contributed by atoms with Gasteiger partial charge in [0.1, 0.15) is 0 Å². The second-order valence-corrected chi connectivity index (χ2v) is 7.38. The Balaban J connectivity index is 0.00000288. The van der Waals surface area contributed by atoms with Crippen LogP contribution in [0.15, 0.2) is 29.3 Å². The van der Waals surface area contributed by atoms with Gasteiger partial charge in [-0.05, 0) is 31.9 Å². The average Bonchev–Trinajstić information content (AvgIpc) is 2.53. The fraction of sp³-hybridized carbons (Fsp3) is 0.632. The van der Waals surface area contributed by atoms with E-state index in [4.69, 9.17) is 4.74 Å². The van der Waals surface area contributed by atoms with E-state index in [1.165, 1.54) is 11.1 Å². The number of likely N-dealkylation sites (tertiary alicyclic amines) is 1. The smallest absolute Gasteiger partial charge is 0.194 e. The number of hydrogen-bond donors (Lipinski definition) is 1. The Hall–Kier alpha value is -0.820. The minimum Gasteiger partial charge on any atom is -0.377 e. The fourth-order valence-corrected chi connectivity index (χ4v) is 2.85. The van der Waals surface area contributed by atoms with Crippen molar-refractivity contribution < 1.29 is 4.74 Å². The average molecular weight is 445 g/mol. The largest absolute Gasteiger partial charge is 0.377 e. The Labute approximate surface area is 164 Å². The molecule has 136 valence electrons. The zero-order chi connectivity index (χ0) is 17.1. The van der Waals surface area contributed by atoms with Crippen LogP contribution in [0.3, 0.4) is 0 Å². The van der Waals surface area contributed by atoms with Crippen LogP contribution in [0.5, 0.6) is 0 Å². The molecule has 0 amide bonds. The van der Waals surface area contributed by atoms with Gasteiger partial charge in [-0.2, -0.15) is 0 Å². The fourth-order valence-electron chi connectivity index (χ4n) is 2.85. The first-order valence-electron chi connectivity index (χ1n) is 8.45. The summed E-state index contributed by atoms with van der Waals surface area (Å²) in [6, 6.07) is 8.57. The van der Waals surface area contributed by atoms with Gasteiger partial charge in [0.15, 0.2) is 5.96 Å². The molecule has 1 aliphatic heterocycles. The molecule has 24 heavy (non-hydrogen) atoms. The Morgan fingerprint density at radius 2 is 1.75 bits per heavy atom. The molecule has 1 N–H and O–H groups in total. The van der Waals surface area contributed by atoms with E-state index in [-0.39, 0.29) is 29.5 Å². The molecule has 0 atom stereocenters. The first kappa shape index (κ1) is 21.2. The van der Waals surface area contributed by atoms with Crippen molar-refractivity contribution in [3.05, 3.63) is 35.4 Å². The highest BCUT2D eigenvalue weighted by atomic mass is 127. The highest BCUT2D eigenvalue weighted by Crippen LogP contribution is 2.46. The zero-order valence-corrected chi connectivity index (χ0v) is 18.2. The van der Waals surface area contributed by atoms with Crippen molar-refractivity contribution in [1.82, 2.24) is 10.2 Å². The molecule has 0 aliphatic carbocycles. The van der Waals surface area contributed by atoms with Gasteiger partial charge in [0.2, 0.25) is 0 Å². The van der Waals surface area contributed by atoms with E-state index in [0.717, 1.165) is 25.7 Å². The predicted molar refractivity (Wildman–Crippen MR) is 112 cm³/mol. The number of rotatable bonds is 5. The van der Waals surface area contributed by atoms with Gasteiger partial charge in [-0.15, -0.1) is 24.0 Å². The van der Waals surface area contributed by atoms with Crippen molar-refractivity contribution in [2.24, 2.45) is 10.4 Å². The van der Waals surface area contributed by atoms with Gasteiger partial charge in [-0.1, -0.05) is 38.1 Å². The number of hydrogen-bond acceptors (Lipinski definition) is 2. The van der Waals surface area contributed by atoms with Gasteiger partial charge in [0.25, 0.3) is 0 Å².